The first kappa shape index (κ1) is 16.3. The number of amidine groups is 1. The molecule has 1 unspecified atom stereocenters. The number of carbonyl (C=O) groups excluding carboxylic acids is 1. The normalized spacial score (nSPS) is 17.2. The molecule has 2 aliphatic rings. The van der Waals surface area contributed by atoms with E-state index in [1.807, 2.05) is 54.6 Å². The van der Waals surface area contributed by atoms with Gasteiger partial charge >= 0.3 is 0 Å². The van der Waals surface area contributed by atoms with Crippen LogP contribution in [0.25, 0.3) is 21.9 Å². The van der Waals surface area contributed by atoms with Crippen molar-refractivity contribution in [2.24, 2.45) is 0 Å². The molecule has 0 fully saturated rings. The lowest BCUT2D eigenvalue weighted by molar-refractivity contribution is 0.0798. The SMILES string of the molecule is N=C1c2cccc3cccc(c23)C(=O)N1C1Cc2ccccc2-c2ccccc21. The fourth-order valence-electron chi connectivity index (χ4n) is 4.92. The van der Waals surface area contributed by atoms with Crippen LogP contribution in [0.4, 0.5) is 0 Å². The zero-order valence-electron chi connectivity index (χ0n) is 15.7. The summed E-state index contributed by atoms with van der Waals surface area (Å²) in [4.78, 5) is 15.3. The van der Waals surface area contributed by atoms with Crippen LogP contribution in [0.3, 0.4) is 0 Å². The van der Waals surface area contributed by atoms with Crippen LogP contribution < -0.4 is 0 Å². The standard InChI is InChI=1S/C26H18N2O/c27-25-21-13-5-8-16-9-6-14-22(24(16)21)26(29)28(25)23-15-17-7-1-2-10-18(17)19-11-3-4-12-20(19)23/h1-14,23,27H,15H2. The largest absolute Gasteiger partial charge is 0.285 e. The zero-order valence-corrected chi connectivity index (χ0v) is 15.7. The fraction of sp³-hybridized carbons (Fsp3) is 0.0769. The average Bonchev–Trinajstić information content (AvgIpc) is 2.77. The Morgan fingerprint density at radius 1 is 0.724 bits per heavy atom. The molecule has 0 aromatic heterocycles. The second kappa shape index (κ2) is 5.89. The summed E-state index contributed by atoms with van der Waals surface area (Å²) in [6.07, 6.45) is 0.708. The summed E-state index contributed by atoms with van der Waals surface area (Å²) in [6.45, 7) is 0. The van der Waals surface area contributed by atoms with Gasteiger partial charge in [0.15, 0.2) is 0 Å². The Morgan fingerprint density at radius 3 is 2.21 bits per heavy atom. The quantitative estimate of drug-likeness (QED) is 0.464. The second-order valence-corrected chi connectivity index (χ2v) is 7.70. The van der Waals surface area contributed by atoms with Crippen molar-refractivity contribution in [2.45, 2.75) is 12.5 Å². The molecule has 4 aromatic carbocycles. The molecule has 1 aliphatic carbocycles. The molecule has 0 saturated heterocycles. The van der Waals surface area contributed by atoms with Gasteiger partial charge < -0.3 is 0 Å². The van der Waals surface area contributed by atoms with Crippen LogP contribution in [0, 0.1) is 5.41 Å². The zero-order chi connectivity index (χ0) is 19.5. The predicted molar refractivity (Wildman–Crippen MR) is 115 cm³/mol. The maximum absolute atomic E-state index is 13.6. The minimum absolute atomic E-state index is 0.0847. The summed E-state index contributed by atoms with van der Waals surface area (Å²) in [5.41, 5.74) is 6.21. The summed E-state index contributed by atoms with van der Waals surface area (Å²) in [7, 11) is 0. The predicted octanol–water partition coefficient (Wildman–Crippen LogP) is 5.59. The first-order valence-corrected chi connectivity index (χ1v) is 9.85. The van der Waals surface area contributed by atoms with Gasteiger partial charge in [-0.3, -0.25) is 15.1 Å². The van der Waals surface area contributed by atoms with Gasteiger partial charge in [-0.2, -0.15) is 0 Å². The Balaban J connectivity index is 1.57. The lowest BCUT2D eigenvalue weighted by atomic mass is 9.80. The summed E-state index contributed by atoms with van der Waals surface area (Å²) in [6, 6.07) is 28.2. The highest BCUT2D eigenvalue weighted by molar-refractivity contribution is 6.26. The third kappa shape index (κ3) is 2.18. The number of nitrogens with one attached hydrogen (secondary N) is 1. The minimum atomic E-state index is -0.190. The summed E-state index contributed by atoms with van der Waals surface area (Å²) in [5.74, 6) is 0.206. The highest BCUT2D eigenvalue weighted by Gasteiger charge is 2.38. The van der Waals surface area contributed by atoms with E-state index in [4.69, 9.17) is 5.41 Å². The molecule has 1 heterocycles. The molecule has 4 aromatic rings. The number of nitrogens with zero attached hydrogens (tertiary/aromatic N) is 1. The summed E-state index contributed by atoms with van der Waals surface area (Å²) in [5, 5.41) is 10.9. The smallest absolute Gasteiger partial charge is 0.260 e. The number of hydrogen-bond donors (Lipinski definition) is 1. The molecule has 1 N–H and O–H groups in total. The fourth-order valence-corrected chi connectivity index (χ4v) is 4.92. The van der Waals surface area contributed by atoms with Crippen molar-refractivity contribution in [3.8, 4) is 11.1 Å². The lowest BCUT2D eigenvalue weighted by Gasteiger charge is -2.39. The second-order valence-electron chi connectivity index (χ2n) is 7.70. The molecule has 0 bridgehead atoms. The topological polar surface area (TPSA) is 44.2 Å². The van der Waals surface area contributed by atoms with Crippen LogP contribution in [-0.2, 0) is 6.42 Å². The molecular formula is C26H18N2O. The molecule has 138 valence electrons. The molecule has 0 saturated carbocycles. The van der Waals surface area contributed by atoms with Crippen molar-refractivity contribution in [3.05, 3.63) is 107 Å². The minimum Gasteiger partial charge on any atom is -0.285 e. The van der Waals surface area contributed by atoms with Gasteiger partial charge in [-0.05, 0) is 40.1 Å². The Hall–Kier alpha value is -3.72. The van der Waals surface area contributed by atoms with Crippen molar-refractivity contribution < 1.29 is 4.79 Å². The monoisotopic (exact) mass is 374 g/mol. The van der Waals surface area contributed by atoms with Crippen LogP contribution in [-0.4, -0.2) is 16.6 Å². The maximum Gasteiger partial charge on any atom is 0.260 e. The Kier molecular flexibility index (Phi) is 3.30. The van der Waals surface area contributed by atoms with Gasteiger partial charge in [0, 0.05) is 16.5 Å². The molecule has 1 aliphatic heterocycles. The van der Waals surface area contributed by atoms with E-state index in [-0.39, 0.29) is 11.9 Å². The van der Waals surface area contributed by atoms with E-state index in [2.05, 4.69) is 30.3 Å². The lowest BCUT2D eigenvalue weighted by Crippen LogP contribution is -2.44. The van der Waals surface area contributed by atoms with Gasteiger partial charge in [-0.25, -0.2) is 0 Å². The van der Waals surface area contributed by atoms with E-state index >= 15 is 0 Å². The van der Waals surface area contributed by atoms with Crippen LogP contribution in [0.1, 0.15) is 33.1 Å². The molecular weight excluding hydrogens is 356 g/mol. The van der Waals surface area contributed by atoms with Crippen molar-refractivity contribution in [1.82, 2.24) is 4.90 Å². The number of fused-ring (bicyclic) bond motifs is 3. The van der Waals surface area contributed by atoms with Gasteiger partial charge in [-0.1, -0.05) is 78.9 Å². The van der Waals surface area contributed by atoms with Gasteiger partial charge in [0.05, 0.1) is 6.04 Å². The summed E-state index contributed by atoms with van der Waals surface area (Å²) >= 11 is 0. The Morgan fingerprint density at radius 2 is 1.38 bits per heavy atom. The molecule has 0 radical (unpaired) electrons. The van der Waals surface area contributed by atoms with Crippen molar-refractivity contribution in [3.63, 3.8) is 0 Å². The van der Waals surface area contributed by atoms with Gasteiger partial charge in [0.25, 0.3) is 5.91 Å². The molecule has 29 heavy (non-hydrogen) atoms. The molecule has 3 nitrogen and oxygen atoms in total. The van der Waals surface area contributed by atoms with Gasteiger partial charge in [0.2, 0.25) is 0 Å². The summed E-state index contributed by atoms with van der Waals surface area (Å²) < 4.78 is 0. The van der Waals surface area contributed by atoms with E-state index in [9.17, 15) is 4.79 Å². The van der Waals surface area contributed by atoms with E-state index in [0.717, 1.165) is 27.5 Å². The Bertz CT molecular complexity index is 1290. The number of rotatable bonds is 1. The van der Waals surface area contributed by atoms with Crippen molar-refractivity contribution in [1.29, 1.82) is 5.41 Å². The Labute approximate surface area is 168 Å². The van der Waals surface area contributed by atoms with Crippen molar-refractivity contribution >= 4 is 22.5 Å². The maximum atomic E-state index is 13.6. The molecule has 0 spiro atoms. The van der Waals surface area contributed by atoms with E-state index in [0.29, 0.717) is 17.8 Å². The van der Waals surface area contributed by atoms with Gasteiger partial charge in [0.1, 0.15) is 5.84 Å². The van der Waals surface area contributed by atoms with E-state index in [1.54, 1.807) is 4.90 Å². The highest BCUT2D eigenvalue weighted by Crippen LogP contribution is 2.43. The third-order valence-corrected chi connectivity index (χ3v) is 6.20. The van der Waals surface area contributed by atoms with E-state index < -0.39 is 0 Å². The highest BCUT2D eigenvalue weighted by atomic mass is 16.2. The first-order valence-electron chi connectivity index (χ1n) is 9.85. The molecule has 6 rings (SSSR count). The number of benzene rings is 4. The van der Waals surface area contributed by atoms with Crippen LogP contribution >= 0.6 is 0 Å². The average molecular weight is 374 g/mol. The molecule has 1 atom stereocenters. The van der Waals surface area contributed by atoms with Crippen LogP contribution in [0.15, 0.2) is 84.9 Å². The van der Waals surface area contributed by atoms with Gasteiger partial charge in [-0.15, -0.1) is 0 Å². The van der Waals surface area contributed by atoms with Crippen LogP contribution in [0.2, 0.25) is 0 Å². The third-order valence-electron chi connectivity index (χ3n) is 6.20. The number of hydrogen-bond acceptors (Lipinski definition) is 2. The molecule has 1 amide bonds. The number of amides is 1. The van der Waals surface area contributed by atoms with Crippen LogP contribution in [0.5, 0.6) is 0 Å². The first-order chi connectivity index (χ1) is 14.2. The number of carbonyl (C=O) groups is 1. The van der Waals surface area contributed by atoms with Crippen molar-refractivity contribution in [2.75, 3.05) is 0 Å². The van der Waals surface area contributed by atoms with E-state index in [1.165, 1.54) is 11.1 Å². The molecule has 3 heteroatoms.